The predicted octanol–water partition coefficient (Wildman–Crippen LogP) is 2.46. The number of halogens is 2. The average Bonchev–Trinajstić information content (AvgIpc) is 2.67. The SMILES string of the molecule is OC(c1cc(Cl)nc(Cl)c1)c1ncco1. The van der Waals surface area contributed by atoms with Crippen LogP contribution in [0.5, 0.6) is 0 Å². The second kappa shape index (κ2) is 4.18. The van der Waals surface area contributed by atoms with Crippen molar-refractivity contribution in [3.63, 3.8) is 0 Å². The minimum atomic E-state index is -0.988. The molecule has 0 amide bonds. The highest BCUT2D eigenvalue weighted by Gasteiger charge is 2.16. The van der Waals surface area contributed by atoms with Crippen molar-refractivity contribution in [3.05, 3.63) is 46.4 Å². The monoisotopic (exact) mass is 244 g/mol. The van der Waals surface area contributed by atoms with Crippen LogP contribution in [-0.4, -0.2) is 15.1 Å². The first kappa shape index (κ1) is 10.4. The lowest BCUT2D eigenvalue weighted by molar-refractivity contribution is 0.182. The second-order valence-electron chi connectivity index (χ2n) is 2.82. The molecule has 0 aliphatic heterocycles. The minimum absolute atomic E-state index is 0.188. The Balaban J connectivity index is 2.37. The van der Waals surface area contributed by atoms with Gasteiger partial charge >= 0.3 is 0 Å². The Hall–Kier alpha value is -1.10. The molecule has 0 bridgehead atoms. The molecule has 0 aliphatic carbocycles. The van der Waals surface area contributed by atoms with E-state index in [2.05, 4.69) is 9.97 Å². The summed E-state index contributed by atoms with van der Waals surface area (Å²) in [4.78, 5) is 7.60. The molecule has 2 heterocycles. The topological polar surface area (TPSA) is 59.2 Å². The average molecular weight is 245 g/mol. The lowest BCUT2D eigenvalue weighted by Crippen LogP contribution is -2.00. The van der Waals surface area contributed by atoms with Gasteiger partial charge in [0.05, 0.1) is 6.20 Å². The van der Waals surface area contributed by atoms with Crippen LogP contribution in [0.15, 0.2) is 29.0 Å². The van der Waals surface area contributed by atoms with Gasteiger partial charge in [0.1, 0.15) is 16.6 Å². The first-order valence-electron chi connectivity index (χ1n) is 4.07. The van der Waals surface area contributed by atoms with Crippen molar-refractivity contribution >= 4 is 23.2 Å². The van der Waals surface area contributed by atoms with Crippen LogP contribution >= 0.6 is 23.2 Å². The van der Waals surface area contributed by atoms with Gasteiger partial charge < -0.3 is 9.52 Å². The van der Waals surface area contributed by atoms with Gasteiger partial charge in [-0.05, 0) is 17.7 Å². The normalized spacial score (nSPS) is 12.7. The summed E-state index contributed by atoms with van der Waals surface area (Å²) in [5.41, 5.74) is 0.488. The first-order chi connectivity index (χ1) is 7.16. The number of rotatable bonds is 2. The van der Waals surface area contributed by atoms with Crippen molar-refractivity contribution in [2.24, 2.45) is 0 Å². The number of aromatic nitrogens is 2. The van der Waals surface area contributed by atoms with E-state index >= 15 is 0 Å². The molecule has 4 nitrogen and oxygen atoms in total. The highest BCUT2D eigenvalue weighted by Crippen LogP contribution is 2.24. The standard InChI is InChI=1S/C9H6Cl2N2O2/c10-6-3-5(4-7(11)13-6)8(14)9-12-1-2-15-9/h1-4,8,14H. The maximum Gasteiger partial charge on any atom is 0.227 e. The van der Waals surface area contributed by atoms with Gasteiger partial charge in [-0.3, -0.25) is 0 Å². The number of aliphatic hydroxyl groups is 1. The number of hydrogen-bond acceptors (Lipinski definition) is 4. The van der Waals surface area contributed by atoms with Crippen LogP contribution in [0.4, 0.5) is 0 Å². The Morgan fingerprint density at radius 3 is 2.47 bits per heavy atom. The van der Waals surface area contributed by atoms with Gasteiger partial charge in [-0.1, -0.05) is 23.2 Å². The number of aliphatic hydroxyl groups excluding tert-OH is 1. The fourth-order valence-electron chi connectivity index (χ4n) is 1.15. The van der Waals surface area contributed by atoms with Crippen molar-refractivity contribution in [2.75, 3.05) is 0 Å². The molecule has 1 N–H and O–H groups in total. The van der Waals surface area contributed by atoms with Crippen molar-refractivity contribution in [1.82, 2.24) is 9.97 Å². The Labute approximate surface area is 95.5 Å². The summed E-state index contributed by atoms with van der Waals surface area (Å²) in [5, 5.41) is 10.3. The summed E-state index contributed by atoms with van der Waals surface area (Å²) in [6.45, 7) is 0. The number of hydrogen-bond donors (Lipinski definition) is 1. The minimum Gasteiger partial charge on any atom is -0.446 e. The second-order valence-corrected chi connectivity index (χ2v) is 3.59. The van der Waals surface area contributed by atoms with Crippen LogP contribution in [0.25, 0.3) is 0 Å². The molecule has 0 spiro atoms. The Kier molecular flexibility index (Phi) is 2.90. The lowest BCUT2D eigenvalue weighted by atomic mass is 10.1. The molecule has 0 aromatic carbocycles. The quantitative estimate of drug-likeness (QED) is 0.825. The van der Waals surface area contributed by atoms with Crippen molar-refractivity contribution in [1.29, 1.82) is 0 Å². The van der Waals surface area contributed by atoms with Crippen molar-refractivity contribution in [2.45, 2.75) is 6.10 Å². The molecule has 6 heteroatoms. The summed E-state index contributed by atoms with van der Waals surface area (Å²) in [7, 11) is 0. The third kappa shape index (κ3) is 2.28. The first-order valence-corrected chi connectivity index (χ1v) is 4.83. The fourth-order valence-corrected chi connectivity index (χ4v) is 1.63. The summed E-state index contributed by atoms with van der Waals surface area (Å²) in [6, 6.07) is 3.00. The summed E-state index contributed by atoms with van der Waals surface area (Å²) in [6.07, 6.45) is 1.84. The Morgan fingerprint density at radius 1 is 1.27 bits per heavy atom. The van der Waals surface area contributed by atoms with Gasteiger partial charge in [0.25, 0.3) is 0 Å². The Morgan fingerprint density at radius 2 is 1.93 bits per heavy atom. The van der Waals surface area contributed by atoms with Crippen LogP contribution in [-0.2, 0) is 0 Å². The predicted molar refractivity (Wildman–Crippen MR) is 54.8 cm³/mol. The maximum atomic E-state index is 9.83. The zero-order chi connectivity index (χ0) is 10.8. The molecule has 1 atom stereocenters. The highest BCUT2D eigenvalue weighted by atomic mass is 35.5. The van der Waals surface area contributed by atoms with Crippen LogP contribution in [0.2, 0.25) is 10.3 Å². The fraction of sp³-hybridized carbons (Fsp3) is 0.111. The molecule has 2 aromatic rings. The maximum absolute atomic E-state index is 9.83. The zero-order valence-electron chi connectivity index (χ0n) is 7.39. The van der Waals surface area contributed by atoms with Gasteiger partial charge in [-0.15, -0.1) is 0 Å². The van der Waals surface area contributed by atoms with Gasteiger partial charge in [-0.2, -0.15) is 0 Å². The largest absolute Gasteiger partial charge is 0.446 e. The van der Waals surface area contributed by atoms with Gasteiger partial charge in [-0.25, -0.2) is 9.97 Å². The third-order valence-electron chi connectivity index (χ3n) is 1.79. The smallest absolute Gasteiger partial charge is 0.227 e. The molecule has 0 radical (unpaired) electrons. The van der Waals surface area contributed by atoms with Crippen LogP contribution in [0.3, 0.4) is 0 Å². The van der Waals surface area contributed by atoms with E-state index in [-0.39, 0.29) is 16.2 Å². The third-order valence-corrected chi connectivity index (χ3v) is 2.17. The number of pyridine rings is 1. The van der Waals surface area contributed by atoms with Crippen LogP contribution < -0.4 is 0 Å². The van der Waals surface area contributed by atoms with Crippen molar-refractivity contribution < 1.29 is 9.52 Å². The van der Waals surface area contributed by atoms with E-state index in [0.717, 1.165) is 0 Å². The van der Waals surface area contributed by atoms with Crippen LogP contribution in [0.1, 0.15) is 17.6 Å². The highest BCUT2D eigenvalue weighted by molar-refractivity contribution is 6.32. The lowest BCUT2D eigenvalue weighted by Gasteiger charge is -2.07. The van der Waals surface area contributed by atoms with E-state index in [4.69, 9.17) is 27.6 Å². The molecular weight excluding hydrogens is 239 g/mol. The molecular formula is C9H6Cl2N2O2. The number of oxazole rings is 1. The van der Waals surface area contributed by atoms with E-state index in [1.807, 2.05) is 0 Å². The summed E-state index contributed by atoms with van der Waals surface area (Å²) < 4.78 is 4.96. The zero-order valence-corrected chi connectivity index (χ0v) is 8.90. The van der Waals surface area contributed by atoms with Gasteiger partial charge in [0, 0.05) is 0 Å². The van der Waals surface area contributed by atoms with Crippen LogP contribution in [0, 0.1) is 0 Å². The summed E-state index contributed by atoms with van der Waals surface area (Å²) in [5.74, 6) is 0.188. The molecule has 0 fully saturated rings. The molecule has 2 aromatic heterocycles. The molecule has 78 valence electrons. The van der Waals surface area contributed by atoms with E-state index in [0.29, 0.717) is 5.56 Å². The van der Waals surface area contributed by atoms with E-state index in [1.54, 1.807) is 0 Å². The van der Waals surface area contributed by atoms with Crippen molar-refractivity contribution in [3.8, 4) is 0 Å². The molecule has 0 aliphatic rings. The van der Waals surface area contributed by atoms with E-state index < -0.39 is 6.10 Å². The molecule has 0 saturated carbocycles. The molecule has 15 heavy (non-hydrogen) atoms. The van der Waals surface area contributed by atoms with E-state index in [9.17, 15) is 5.11 Å². The molecule has 0 saturated heterocycles. The van der Waals surface area contributed by atoms with E-state index in [1.165, 1.54) is 24.6 Å². The summed E-state index contributed by atoms with van der Waals surface area (Å²) >= 11 is 11.4. The van der Waals surface area contributed by atoms with Gasteiger partial charge in [0.15, 0.2) is 6.10 Å². The van der Waals surface area contributed by atoms with Gasteiger partial charge in [0.2, 0.25) is 5.89 Å². The Bertz CT molecular complexity index is 439. The number of nitrogens with zero attached hydrogens (tertiary/aromatic N) is 2. The molecule has 1 unspecified atom stereocenters. The molecule has 2 rings (SSSR count).